The van der Waals surface area contributed by atoms with E-state index < -0.39 is 47.1 Å². The molecule has 13 heteroatoms. The highest BCUT2D eigenvalue weighted by Gasteiger charge is 2.71. The summed E-state index contributed by atoms with van der Waals surface area (Å²) >= 11 is 4.85. The molecule has 0 fully saturated rings. The number of sulfone groups is 2. The number of alkyl halides is 7. The lowest BCUT2D eigenvalue weighted by atomic mass is 10.3. The molecular weight excluding hydrogens is 362 g/mol. The highest BCUT2D eigenvalue weighted by molar-refractivity contribution is 8.13. The zero-order valence-corrected chi connectivity index (χ0v) is 12.1. The van der Waals surface area contributed by atoms with Gasteiger partial charge in [0.15, 0.2) is 0 Å². The number of unbranched alkanes of at least 4 members (excludes halogenated alkanes) is 1. The van der Waals surface area contributed by atoms with Crippen molar-refractivity contribution < 1.29 is 43.2 Å². The molecule has 0 aliphatic carbocycles. The smallest absolute Gasteiger partial charge is 0.217 e. The molecule has 0 unspecified atom stereocenters. The highest BCUT2D eigenvalue weighted by Crippen LogP contribution is 2.48. The molecule has 0 amide bonds. The lowest BCUT2D eigenvalue weighted by Crippen LogP contribution is -2.52. The van der Waals surface area contributed by atoms with E-state index in [0.717, 1.165) is 0 Å². The van der Waals surface area contributed by atoms with Gasteiger partial charge in [-0.1, -0.05) is 24.9 Å². The third-order valence-electron chi connectivity index (χ3n) is 2.24. The lowest BCUT2D eigenvalue weighted by Gasteiger charge is -2.28. The highest BCUT2D eigenvalue weighted by atomic mass is 35.5. The number of hydrogen-bond acceptors (Lipinski definition) is 4. The Labute approximate surface area is 115 Å². The summed E-state index contributed by atoms with van der Waals surface area (Å²) in [5.41, 5.74) is -12.5. The molecule has 0 aliphatic rings. The zero-order chi connectivity index (χ0) is 16.6. The van der Waals surface area contributed by atoms with Crippen LogP contribution >= 0.6 is 11.6 Å². The quantitative estimate of drug-likeness (QED) is 0.551. The molecule has 0 aromatic rings. The molecule has 0 atom stereocenters. The monoisotopic (exact) mass is 370 g/mol. The van der Waals surface area contributed by atoms with Crippen LogP contribution in [0, 0.1) is 0 Å². The fourth-order valence-corrected chi connectivity index (χ4v) is 5.05. The molecule has 0 aromatic heterocycles. The van der Waals surface area contributed by atoms with Gasteiger partial charge < -0.3 is 0 Å². The summed E-state index contributed by atoms with van der Waals surface area (Å²) in [6.07, 6.45) is -2.15. The van der Waals surface area contributed by atoms with Crippen LogP contribution in [-0.4, -0.2) is 31.4 Å². The molecular formula is C7H9ClF6O4S2. The summed E-state index contributed by atoms with van der Waals surface area (Å²) in [4.78, 5) is 0. The topological polar surface area (TPSA) is 68.3 Å². The Morgan fingerprint density at radius 2 is 1.15 bits per heavy atom. The molecule has 0 saturated carbocycles. The van der Waals surface area contributed by atoms with Crippen molar-refractivity contribution in [2.24, 2.45) is 0 Å². The van der Waals surface area contributed by atoms with E-state index in [-0.39, 0.29) is 6.42 Å². The van der Waals surface area contributed by atoms with Crippen molar-refractivity contribution in [3.8, 4) is 0 Å². The maximum Gasteiger partial charge on any atom is 0.500 e. The Hall–Kier alpha value is -0.230. The van der Waals surface area contributed by atoms with E-state index in [0.29, 0.717) is 0 Å². The third-order valence-corrected chi connectivity index (χ3v) is 8.20. The van der Waals surface area contributed by atoms with Crippen LogP contribution in [0.1, 0.15) is 26.2 Å². The van der Waals surface area contributed by atoms with Crippen LogP contribution in [0.25, 0.3) is 0 Å². The minimum absolute atomic E-state index is 0.0603. The maximum absolute atomic E-state index is 12.4. The van der Waals surface area contributed by atoms with Crippen molar-refractivity contribution in [1.82, 2.24) is 0 Å². The Morgan fingerprint density at radius 3 is 1.35 bits per heavy atom. The molecule has 0 spiro atoms. The fourth-order valence-electron chi connectivity index (χ4n) is 1.15. The van der Waals surface area contributed by atoms with Crippen LogP contribution in [0.5, 0.6) is 0 Å². The van der Waals surface area contributed by atoms with Crippen molar-refractivity contribution >= 4 is 31.3 Å². The van der Waals surface area contributed by atoms with Gasteiger partial charge in [-0.05, 0) is 12.8 Å². The van der Waals surface area contributed by atoms with Crippen molar-refractivity contribution in [1.29, 1.82) is 0 Å². The van der Waals surface area contributed by atoms with Crippen molar-refractivity contribution in [2.45, 2.75) is 40.7 Å². The van der Waals surface area contributed by atoms with Gasteiger partial charge in [0.1, 0.15) is 0 Å². The van der Waals surface area contributed by atoms with E-state index in [1.54, 1.807) is 0 Å². The zero-order valence-electron chi connectivity index (χ0n) is 9.72. The van der Waals surface area contributed by atoms with Crippen LogP contribution in [0.2, 0.25) is 0 Å². The first kappa shape index (κ1) is 19.8. The van der Waals surface area contributed by atoms with E-state index in [1.165, 1.54) is 6.92 Å². The minimum atomic E-state index is -6.79. The van der Waals surface area contributed by atoms with Crippen LogP contribution < -0.4 is 0 Å². The second kappa shape index (κ2) is 5.52. The maximum atomic E-state index is 12.4. The molecule has 20 heavy (non-hydrogen) atoms. The molecule has 122 valence electrons. The molecule has 0 heterocycles. The normalized spacial score (nSPS) is 15.4. The summed E-state index contributed by atoms with van der Waals surface area (Å²) in [6, 6.07) is 0. The summed E-state index contributed by atoms with van der Waals surface area (Å²) < 4.78 is 114. The predicted molar refractivity (Wildman–Crippen MR) is 58.1 cm³/mol. The van der Waals surface area contributed by atoms with Gasteiger partial charge in [0.05, 0.1) is 0 Å². The SMILES string of the molecule is CCCCC(Cl)(S(=O)(=O)C(F)(F)F)S(=O)(=O)C(F)(F)F. The summed E-state index contributed by atoms with van der Waals surface area (Å²) in [5.74, 6) is 0. The van der Waals surface area contributed by atoms with Crippen LogP contribution in [-0.2, 0) is 19.7 Å². The molecule has 4 nitrogen and oxygen atoms in total. The van der Waals surface area contributed by atoms with Crippen LogP contribution in [0.15, 0.2) is 0 Å². The van der Waals surface area contributed by atoms with Crippen molar-refractivity contribution in [3.05, 3.63) is 0 Å². The molecule has 0 bridgehead atoms. The second-order valence-corrected chi connectivity index (χ2v) is 9.35. The minimum Gasteiger partial charge on any atom is -0.217 e. The molecule has 0 aliphatic heterocycles. The predicted octanol–water partition coefficient (Wildman–Crippen LogP) is 2.94. The lowest BCUT2D eigenvalue weighted by molar-refractivity contribution is -0.0480. The van der Waals surface area contributed by atoms with Gasteiger partial charge in [0.25, 0.3) is 23.2 Å². The molecule has 0 rings (SSSR count). The van der Waals surface area contributed by atoms with Gasteiger partial charge in [-0.15, -0.1) is 0 Å². The van der Waals surface area contributed by atoms with Gasteiger partial charge in [-0.25, -0.2) is 16.8 Å². The third kappa shape index (κ3) is 3.01. The summed E-state index contributed by atoms with van der Waals surface area (Å²) in [5, 5.41) is 0. The van der Waals surface area contributed by atoms with E-state index in [1.807, 2.05) is 0 Å². The second-order valence-electron chi connectivity index (χ2n) is 3.66. The fraction of sp³-hybridized carbons (Fsp3) is 1.00. The Bertz CT molecular complexity index is 503. The van der Waals surface area contributed by atoms with Gasteiger partial charge in [0.2, 0.25) is 0 Å². The summed E-state index contributed by atoms with van der Waals surface area (Å²) in [6.45, 7) is 1.30. The first-order valence-electron chi connectivity index (χ1n) is 4.87. The molecule has 0 saturated heterocycles. The number of halogens is 7. The Balaban J connectivity index is 6.34. The van der Waals surface area contributed by atoms with E-state index in [4.69, 9.17) is 11.6 Å². The largest absolute Gasteiger partial charge is 0.500 e. The molecule has 0 radical (unpaired) electrons. The van der Waals surface area contributed by atoms with Gasteiger partial charge in [0, 0.05) is 0 Å². The van der Waals surface area contributed by atoms with Gasteiger partial charge in [-0.2, -0.15) is 26.3 Å². The first-order valence-corrected chi connectivity index (χ1v) is 8.21. The first-order chi connectivity index (χ1) is 8.56. The number of hydrogen-bond donors (Lipinski definition) is 0. The van der Waals surface area contributed by atoms with E-state index in [2.05, 4.69) is 0 Å². The average molecular weight is 371 g/mol. The molecule has 0 N–H and O–H groups in total. The number of rotatable bonds is 5. The van der Waals surface area contributed by atoms with E-state index in [9.17, 15) is 43.2 Å². The van der Waals surface area contributed by atoms with Crippen LogP contribution in [0.4, 0.5) is 26.3 Å². The Kier molecular flexibility index (Phi) is 5.46. The van der Waals surface area contributed by atoms with Gasteiger partial charge >= 0.3 is 11.0 Å². The molecule has 0 aromatic carbocycles. The van der Waals surface area contributed by atoms with Crippen LogP contribution in [0.3, 0.4) is 0 Å². The van der Waals surface area contributed by atoms with Crippen molar-refractivity contribution in [3.63, 3.8) is 0 Å². The average Bonchev–Trinajstić information content (AvgIpc) is 2.22. The van der Waals surface area contributed by atoms with Gasteiger partial charge in [-0.3, -0.25) is 0 Å². The van der Waals surface area contributed by atoms with E-state index >= 15 is 0 Å². The summed E-state index contributed by atoms with van der Waals surface area (Å²) in [7, 11) is -13.6. The Morgan fingerprint density at radius 1 is 0.850 bits per heavy atom. The van der Waals surface area contributed by atoms with Crippen molar-refractivity contribution in [2.75, 3.05) is 0 Å². The standard InChI is InChI=1S/C7H9ClF6O4S2/c1-2-3-4-5(8,19(15,16)6(9,10)11)20(17,18)7(12,13)14/h2-4H2,1H3.